The van der Waals surface area contributed by atoms with Crippen LogP contribution in [0.1, 0.15) is 60.0 Å². The molecule has 1 aromatic heterocycles. The minimum absolute atomic E-state index is 0.0471. The first-order valence-electron chi connectivity index (χ1n) is 7.66. The predicted octanol–water partition coefficient (Wildman–Crippen LogP) is 4.84. The van der Waals surface area contributed by atoms with Gasteiger partial charge >= 0.3 is 0 Å². The van der Waals surface area contributed by atoms with E-state index in [1.807, 2.05) is 0 Å². The molecule has 0 aliphatic heterocycles. The first-order valence-corrected chi connectivity index (χ1v) is 8.47. The van der Waals surface area contributed by atoms with Crippen LogP contribution < -0.4 is 0 Å². The number of aromatic nitrogens is 1. The minimum Gasteiger partial charge on any atom is -0.293 e. The van der Waals surface area contributed by atoms with E-state index in [0.717, 1.165) is 22.0 Å². The lowest BCUT2D eigenvalue weighted by Gasteiger charge is -2.26. The number of rotatable bonds is 2. The van der Waals surface area contributed by atoms with E-state index in [9.17, 15) is 4.79 Å². The molecule has 0 bridgehead atoms. The molecule has 108 valence electrons. The van der Waals surface area contributed by atoms with E-state index in [2.05, 4.69) is 38.1 Å². The number of fused-ring (bicyclic) bond motifs is 1. The van der Waals surface area contributed by atoms with Gasteiger partial charge < -0.3 is 0 Å². The van der Waals surface area contributed by atoms with E-state index < -0.39 is 0 Å². The molecule has 2 aliphatic carbocycles. The normalized spacial score (nSPS) is 20.4. The molecule has 0 unspecified atom stereocenters. The number of nitrogens with zero attached hydrogens (tertiary/aromatic N) is 1. The van der Waals surface area contributed by atoms with Crippen molar-refractivity contribution in [3.05, 3.63) is 40.4 Å². The average Bonchev–Trinajstić information content (AvgIpc) is 3.18. The number of hydrogen-bond acceptors (Lipinski definition) is 3. The Hall–Kier alpha value is -1.48. The molecule has 1 aromatic carbocycles. The standard InChI is InChI=1S/C18H19NOS/c1-18(2)9-14-16(15(20)10-18)21-17(19-14)13-6-4-3-5-12(13)11-7-8-11/h3-6,11H,7-10H2,1-2H3. The summed E-state index contributed by atoms with van der Waals surface area (Å²) in [6, 6.07) is 8.57. The maximum Gasteiger partial charge on any atom is 0.175 e. The van der Waals surface area contributed by atoms with Gasteiger partial charge in [-0.1, -0.05) is 38.1 Å². The van der Waals surface area contributed by atoms with Crippen LogP contribution in [0.4, 0.5) is 0 Å². The fraction of sp³-hybridized carbons (Fsp3) is 0.444. The summed E-state index contributed by atoms with van der Waals surface area (Å²) in [6.07, 6.45) is 4.13. The van der Waals surface area contributed by atoms with Crippen molar-refractivity contribution in [3.63, 3.8) is 0 Å². The highest BCUT2D eigenvalue weighted by atomic mass is 32.1. The van der Waals surface area contributed by atoms with E-state index in [1.165, 1.54) is 24.0 Å². The summed E-state index contributed by atoms with van der Waals surface area (Å²) in [6.45, 7) is 4.32. The fourth-order valence-corrected chi connectivity index (χ4v) is 4.34. The first-order chi connectivity index (χ1) is 10.0. The van der Waals surface area contributed by atoms with Crippen LogP contribution in [-0.4, -0.2) is 10.8 Å². The van der Waals surface area contributed by atoms with Crippen molar-refractivity contribution in [2.45, 2.75) is 45.4 Å². The van der Waals surface area contributed by atoms with Crippen molar-refractivity contribution >= 4 is 17.1 Å². The Labute approximate surface area is 129 Å². The monoisotopic (exact) mass is 297 g/mol. The third-order valence-corrected chi connectivity index (χ3v) is 5.62. The van der Waals surface area contributed by atoms with Gasteiger partial charge in [-0.3, -0.25) is 4.79 Å². The summed E-state index contributed by atoms with van der Waals surface area (Å²) in [4.78, 5) is 18.1. The van der Waals surface area contributed by atoms with E-state index in [1.54, 1.807) is 11.3 Å². The summed E-state index contributed by atoms with van der Waals surface area (Å²) in [5.41, 5.74) is 3.72. The van der Waals surface area contributed by atoms with Gasteiger partial charge in [0.05, 0.1) is 10.6 Å². The Bertz CT molecular complexity index is 725. The molecular formula is C18H19NOS. The highest BCUT2D eigenvalue weighted by molar-refractivity contribution is 7.17. The minimum atomic E-state index is 0.0471. The molecule has 0 radical (unpaired) electrons. The van der Waals surface area contributed by atoms with Crippen molar-refractivity contribution < 1.29 is 4.79 Å². The predicted molar refractivity (Wildman–Crippen MR) is 86.0 cm³/mol. The van der Waals surface area contributed by atoms with Crippen molar-refractivity contribution in [2.75, 3.05) is 0 Å². The van der Waals surface area contributed by atoms with Crippen LogP contribution in [-0.2, 0) is 6.42 Å². The van der Waals surface area contributed by atoms with E-state index in [0.29, 0.717) is 12.3 Å². The van der Waals surface area contributed by atoms with Crippen LogP contribution >= 0.6 is 11.3 Å². The van der Waals surface area contributed by atoms with E-state index in [4.69, 9.17) is 4.98 Å². The summed E-state index contributed by atoms with van der Waals surface area (Å²) < 4.78 is 0. The molecule has 0 amide bonds. The summed E-state index contributed by atoms with van der Waals surface area (Å²) in [7, 11) is 0. The van der Waals surface area contributed by atoms with Gasteiger partial charge in [-0.25, -0.2) is 4.98 Å². The number of benzene rings is 1. The van der Waals surface area contributed by atoms with Crippen LogP contribution in [0.2, 0.25) is 0 Å². The Morgan fingerprint density at radius 2 is 1.95 bits per heavy atom. The van der Waals surface area contributed by atoms with E-state index in [-0.39, 0.29) is 11.2 Å². The first kappa shape index (κ1) is 13.2. The second kappa shape index (κ2) is 4.51. The number of ketones is 1. The molecule has 0 atom stereocenters. The SMILES string of the molecule is CC1(C)CC(=O)c2sc(-c3ccccc3C3CC3)nc2C1. The highest BCUT2D eigenvalue weighted by Crippen LogP contribution is 2.46. The zero-order valence-corrected chi connectivity index (χ0v) is 13.3. The molecule has 1 saturated carbocycles. The number of thiazole rings is 1. The Kier molecular flexibility index (Phi) is 2.83. The molecule has 2 aromatic rings. The zero-order valence-electron chi connectivity index (χ0n) is 12.5. The molecule has 3 heteroatoms. The van der Waals surface area contributed by atoms with Crippen LogP contribution in [0.25, 0.3) is 10.6 Å². The van der Waals surface area contributed by atoms with Gasteiger partial charge in [-0.2, -0.15) is 0 Å². The largest absolute Gasteiger partial charge is 0.293 e. The number of hydrogen-bond donors (Lipinski definition) is 0. The fourth-order valence-electron chi connectivity index (χ4n) is 3.28. The molecule has 0 N–H and O–H groups in total. The Morgan fingerprint density at radius 3 is 2.71 bits per heavy atom. The zero-order chi connectivity index (χ0) is 14.6. The molecule has 4 rings (SSSR count). The number of carbonyl (C=O) groups is 1. The van der Waals surface area contributed by atoms with Crippen molar-refractivity contribution in [2.24, 2.45) is 5.41 Å². The molecular weight excluding hydrogens is 278 g/mol. The van der Waals surface area contributed by atoms with Gasteiger partial charge in [0.25, 0.3) is 0 Å². The molecule has 2 aliphatic rings. The smallest absolute Gasteiger partial charge is 0.175 e. The molecule has 0 saturated heterocycles. The quantitative estimate of drug-likeness (QED) is 0.793. The summed E-state index contributed by atoms with van der Waals surface area (Å²) in [5, 5.41) is 1.04. The summed E-state index contributed by atoms with van der Waals surface area (Å²) in [5.74, 6) is 0.975. The molecule has 21 heavy (non-hydrogen) atoms. The van der Waals surface area contributed by atoms with Gasteiger partial charge in [-0.05, 0) is 36.2 Å². The molecule has 1 fully saturated rings. The lowest BCUT2D eigenvalue weighted by atomic mass is 9.78. The number of carbonyl (C=O) groups excluding carboxylic acids is 1. The van der Waals surface area contributed by atoms with Gasteiger partial charge in [0.1, 0.15) is 5.01 Å². The third-order valence-electron chi connectivity index (χ3n) is 4.44. The Balaban J connectivity index is 1.80. The van der Waals surface area contributed by atoms with Gasteiger partial charge in [0.2, 0.25) is 0 Å². The second-order valence-corrected chi connectivity index (χ2v) is 8.10. The van der Waals surface area contributed by atoms with Crippen molar-refractivity contribution in [1.29, 1.82) is 0 Å². The topological polar surface area (TPSA) is 30.0 Å². The second-order valence-electron chi connectivity index (χ2n) is 7.10. The van der Waals surface area contributed by atoms with Crippen molar-refractivity contribution in [3.8, 4) is 10.6 Å². The average molecular weight is 297 g/mol. The maximum atomic E-state index is 12.3. The van der Waals surface area contributed by atoms with Crippen LogP contribution in [0.3, 0.4) is 0 Å². The summed E-state index contributed by atoms with van der Waals surface area (Å²) >= 11 is 1.60. The van der Waals surface area contributed by atoms with Gasteiger partial charge in [0, 0.05) is 12.0 Å². The van der Waals surface area contributed by atoms with Gasteiger partial charge in [0.15, 0.2) is 5.78 Å². The number of Topliss-reactive ketones (excluding diaryl/α,β-unsaturated/α-hetero) is 1. The Morgan fingerprint density at radius 1 is 1.19 bits per heavy atom. The third kappa shape index (κ3) is 2.34. The van der Waals surface area contributed by atoms with Crippen LogP contribution in [0.5, 0.6) is 0 Å². The molecule has 2 nitrogen and oxygen atoms in total. The highest BCUT2D eigenvalue weighted by Gasteiger charge is 2.34. The van der Waals surface area contributed by atoms with Crippen LogP contribution in [0, 0.1) is 5.41 Å². The van der Waals surface area contributed by atoms with Crippen molar-refractivity contribution in [1.82, 2.24) is 4.98 Å². The lowest BCUT2D eigenvalue weighted by Crippen LogP contribution is -2.25. The van der Waals surface area contributed by atoms with E-state index >= 15 is 0 Å². The molecule has 0 spiro atoms. The molecule has 1 heterocycles. The lowest BCUT2D eigenvalue weighted by molar-refractivity contribution is 0.0916. The van der Waals surface area contributed by atoms with Crippen LogP contribution in [0.15, 0.2) is 24.3 Å². The van der Waals surface area contributed by atoms with Gasteiger partial charge in [-0.15, -0.1) is 11.3 Å². The maximum absolute atomic E-state index is 12.3.